The molecule has 0 N–H and O–H groups in total. The Morgan fingerprint density at radius 1 is 1.38 bits per heavy atom. The first-order valence-electron chi connectivity index (χ1n) is 5.27. The van der Waals surface area contributed by atoms with Crippen LogP contribution in [0.3, 0.4) is 0 Å². The third-order valence-corrected chi connectivity index (χ3v) is 2.51. The van der Waals surface area contributed by atoms with E-state index in [4.69, 9.17) is 0 Å². The molecular formula is C12H18O. The molecule has 0 heterocycles. The Morgan fingerprint density at radius 2 is 2.23 bits per heavy atom. The molecule has 1 nitrogen and oxygen atoms in total. The molecule has 0 aromatic heterocycles. The second-order valence-corrected chi connectivity index (χ2v) is 3.86. The summed E-state index contributed by atoms with van der Waals surface area (Å²) in [5, 5.41) is 0. The number of rotatable bonds is 3. The van der Waals surface area contributed by atoms with Gasteiger partial charge < -0.3 is 4.79 Å². The van der Waals surface area contributed by atoms with E-state index >= 15 is 0 Å². The van der Waals surface area contributed by atoms with Crippen molar-refractivity contribution in [3.05, 3.63) is 0 Å². The molecule has 1 aliphatic rings. The third-order valence-electron chi connectivity index (χ3n) is 2.51. The van der Waals surface area contributed by atoms with Crippen LogP contribution in [0.15, 0.2) is 0 Å². The van der Waals surface area contributed by atoms with E-state index in [2.05, 4.69) is 11.8 Å². The highest BCUT2D eigenvalue weighted by atomic mass is 16.1. The molecule has 0 saturated carbocycles. The molecule has 0 bridgehead atoms. The molecule has 1 aliphatic carbocycles. The van der Waals surface area contributed by atoms with Gasteiger partial charge in [-0.2, -0.15) is 0 Å². The first kappa shape index (κ1) is 10.3. The number of ketones is 1. The molecule has 0 amide bonds. The Morgan fingerprint density at radius 3 is 3.00 bits per heavy atom. The van der Waals surface area contributed by atoms with Crippen molar-refractivity contribution in [3.63, 3.8) is 0 Å². The summed E-state index contributed by atoms with van der Waals surface area (Å²) in [4.78, 5) is 10.8. The Hall–Kier alpha value is -0.770. The molecule has 0 saturated heterocycles. The molecule has 1 heteroatoms. The fourth-order valence-electron chi connectivity index (χ4n) is 1.66. The lowest BCUT2D eigenvalue weighted by Gasteiger charge is -2.10. The van der Waals surface area contributed by atoms with Crippen LogP contribution < -0.4 is 0 Å². The summed E-state index contributed by atoms with van der Waals surface area (Å²) in [5.74, 6) is 7.26. The molecule has 72 valence electrons. The van der Waals surface area contributed by atoms with Crippen LogP contribution in [0, 0.1) is 17.8 Å². The van der Waals surface area contributed by atoms with Gasteiger partial charge in [-0.3, -0.25) is 0 Å². The zero-order chi connectivity index (χ0) is 9.52. The molecule has 1 unspecified atom stereocenters. The second kappa shape index (κ2) is 5.80. The van der Waals surface area contributed by atoms with Gasteiger partial charge in [0.2, 0.25) is 0 Å². The topological polar surface area (TPSA) is 17.1 Å². The Bertz CT molecular complexity index is 219. The average molecular weight is 178 g/mol. The Balaban J connectivity index is 2.32. The van der Waals surface area contributed by atoms with Gasteiger partial charge in [0.1, 0.15) is 5.78 Å². The maximum Gasteiger partial charge on any atom is 0.129 e. The lowest BCUT2D eigenvalue weighted by Crippen LogP contribution is -2.02. The molecule has 0 fully saturated rings. The quantitative estimate of drug-likeness (QED) is 0.607. The molecule has 0 spiro atoms. The zero-order valence-electron chi connectivity index (χ0n) is 8.44. The van der Waals surface area contributed by atoms with Crippen LogP contribution in [0.1, 0.15) is 51.9 Å². The number of Topliss-reactive ketones (excluding diaryl/α,β-unsaturated/α-hetero) is 1. The van der Waals surface area contributed by atoms with Gasteiger partial charge in [-0.25, -0.2) is 0 Å². The minimum Gasteiger partial charge on any atom is -0.300 e. The van der Waals surface area contributed by atoms with Gasteiger partial charge in [-0.15, -0.1) is 5.92 Å². The molecular weight excluding hydrogens is 160 g/mol. The number of carbonyl (C=O) groups is 1. The van der Waals surface area contributed by atoms with Crippen LogP contribution in [0.5, 0.6) is 0 Å². The van der Waals surface area contributed by atoms with Gasteiger partial charge in [0.25, 0.3) is 0 Å². The predicted molar refractivity (Wildman–Crippen MR) is 54.3 cm³/mol. The molecule has 1 atom stereocenters. The molecule has 0 aliphatic heterocycles. The van der Waals surface area contributed by atoms with Crippen molar-refractivity contribution in [1.82, 2.24) is 0 Å². The minimum absolute atomic E-state index is 0.295. The summed E-state index contributed by atoms with van der Waals surface area (Å²) < 4.78 is 0. The number of hydrogen-bond donors (Lipinski definition) is 0. The summed E-state index contributed by atoms with van der Waals surface area (Å²) in [6.07, 6.45) is 7.79. The molecule has 0 aromatic rings. The molecule has 13 heavy (non-hydrogen) atoms. The van der Waals surface area contributed by atoms with E-state index in [1.807, 2.05) is 0 Å². The smallest absolute Gasteiger partial charge is 0.129 e. The lowest BCUT2D eigenvalue weighted by atomic mass is 9.94. The van der Waals surface area contributed by atoms with Crippen molar-refractivity contribution in [2.45, 2.75) is 51.9 Å². The van der Waals surface area contributed by atoms with E-state index < -0.39 is 0 Å². The third kappa shape index (κ3) is 4.72. The maximum absolute atomic E-state index is 10.8. The van der Waals surface area contributed by atoms with Crippen LogP contribution in [0.2, 0.25) is 0 Å². The summed E-state index contributed by atoms with van der Waals surface area (Å²) in [5.41, 5.74) is 0. The number of hydrogen-bond acceptors (Lipinski definition) is 1. The predicted octanol–water partition coefficient (Wildman–Crippen LogP) is 2.94. The fraction of sp³-hybridized carbons (Fsp3) is 0.750. The van der Waals surface area contributed by atoms with Gasteiger partial charge >= 0.3 is 0 Å². The van der Waals surface area contributed by atoms with E-state index in [0.29, 0.717) is 18.1 Å². The van der Waals surface area contributed by atoms with Crippen molar-refractivity contribution in [2.75, 3.05) is 0 Å². The van der Waals surface area contributed by atoms with Gasteiger partial charge in [-0.1, -0.05) is 18.8 Å². The molecule has 1 rings (SSSR count). The van der Waals surface area contributed by atoms with Crippen LogP contribution in [-0.4, -0.2) is 5.78 Å². The van der Waals surface area contributed by atoms with Crippen molar-refractivity contribution in [2.24, 2.45) is 5.92 Å². The van der Waals surface area contributed by atoms with Gasteiger partial charge in [0, 0.05) is 18.8 Å². The second-order valence-electron chi connectivity index (χ2n) is 3.86. The van der Waals surface area contributed by atoms with Crippen molar-refractivity contribution in [3.8, 4) is 11.8 Å². The monoisotopic (exact) mass is 178 g/mol. The van der Waals surface area contributed by atoms with Crippen molar-refractivity contribution in [1.29, 1.82) is 0 Å². The highest BCUT2D eigenvalue weighted by Gasteiger charge is 2.07. The van der Waals surface area contributed by atoms with Crippen molar-refractivity contribution < 1.29 is 4.79 Å². The highest BCUT2D eigenvalue weighted by Crippen LogP contribution is 2.17. The Kier molecular flexibility index (Phi) is 4.60. The SMILES string of the molecule is CC(=O)CCC1C#CCCCCC1. The van der Waals surface area contributed by atoms with Crippen LogP contribution in [-0.2, 0) is 4.79 Å². The Labute approximate surface area is 80.9 Å². The summed E-state index contributed by atoms with van der Waals surface area (Å²) in [6.45, 7) is 1.66. The van der Waals surface area contributed by atoms with Crippen molar-refractivity contribution >= 4 is 5.78 Å². The summed E-state index contributed by atoms with van der Waals surface area (Å²) >= 11 is 0. The van der Waals surface area contributed by atoms with E-state index in [0.717, 1.165) is 12.8 Å². The molecule has 0 aromatic carbocycles. The minimum atomic E-state index is 0.295. The van der Waals surface area contributed by atoms with Crippen LogP contribution in [0.25, 0.3) is 0 Å². The number of carbonyl (C=O) groups excluding carboxylic acids is 1. The zero-order valence-corrected chi connectivity index (χ0v) is 8.44. The van der Waals surface area contributed by atoms with Crippen LogP contribution >= 0.6 is 0 Å². The lowest BCUT2D eigenvalue weighted by molar-refractivity contribution is -0.117. The summed E-state index contributed by atoms with van der Waals surface area (Å²) in [6, 6.07) is 0. The van der Waals surface area contributed by atoms with Gasteiger partial charge in [-0.05, 0) is 26.2 Å². The normalized spacial score (nSPS) is 22.4. The average Bonchev–Trinajstić information content (AvgIpc) is 2.01. The summed E-state index contributed by atoms with van der Waals surface area (Å²) in [7, 11) is 0. The maximum atomic E-state index is 10.8. The highest BCUT2D eigenvalue weighted by molar-refractivity contribution is 5.75. The first-order valence-corrected chi connectivity index (χ1v) is 5.27. The standard InChI is InChI=1S/C12H18O/c1-11(13)9-10-12-7-5-3-2-4-6-8-12/h12H,2-5,7,9-10H2,1H3. The van der Waals surface area contributed by atoms with Gasteiger partial charge in [0.15, 0.2) is 0 Å². The van der Waals surface area contributed by atoms with Crippen LogP contribution in [0.4, 0.5) is 0 Å². The van der Waals surface area contributed by atoms with E-state index in [-0.39, 0.29) is 0 Å². The largest absolute Gasteiger partial charge is 0.300 e. The van der Waals surface area contributed by atoms with Gasteiger partial charge in [0.05, 0.1) is 0 Å². The first-order chi connectivity index (χ1) is 6.29. The van der Waals surface area contributed by atoms with E-state index in [1.54, 1.807) is 6.92 Å². The molecule has 0 radical (unpaired) electrons. The van der Waals surface area contributed by atoms with E-state index in [9.17, 15) is 4.79 Å². The van der Waals surface area contributed by atoms with E-state index in [1.165, 1.54) is 25.7 Å². The fourth-order valence-corrected chi connectivity index (χ4v) is 1.66.